The summed E-state index contributed by atoms with van der Waals surface area (Å²) in [5, 5.41) is 21.4. The number of nitrogens with zero attached hydrogens (tertiary/aromatic N) is 4. The molecule has 1 amide bonds. The zero-order valence-corrected chi connectivity index (χ0v) is 21.2. The van der Waals surface area contributed by atoms with Crippen LogP contribution in [0.15, 0.2) is 91.4 Å². The number of alkyl carbamates (subject to hydrolysis) is 1. The van der Waals surface area contributed by atoms with Gasteiger partial charge in [-0.1, -0.05) is 66.7 Å². The number of hydrogen-bond donors (Lipinski definition) is 2. The summed E-state index contributed by atoms with van der Waals surface area (Å²) in [5.41, 5.74) is 7.32. The van der Waals surface area contributed by atoms with Crippen molar-refractivity contribution in [1.29, 1.82) is 5.26 Å². The lowest BCUT2D eigenvalue weighted by Gasteiger charge is -2.18. The minimum atomic E-state index is -1.19. The van der Waals surface area contributed by atoms with E-state index in [1.807, 2.05) is 54.6 Å². The number of rotatable bonds is 7. The van der Waals surface area contributed by atoms with E-state index in [-0.39, 0.29) is 24.6 Å². The van der Waals surface area contributed by atoms with Crippen LogP contribution in [0.2, 0.25) is 0 Å². The monoisotopic (exact) mass is 529 g/mol. The molecule has 0 radical (unpaired) electrons. The Hall–Kier alpha value is -5.49. The molecule has 40 heavy (non-hydrogen) atoms. The summed E-state index contributed by atoms with van der Waals surface area (Å²) in [6.45, 7) is 0.0948. The predicted octanol–water partition coefficient (Wildman–Crippen LogP) is 4.80. The number of ether oxygens (including phenoxy) is 1. The van der Waals surface area contributed by atoms with Crippen LogP contribution >= 0.6 is 0 Å². The van der Waals surface area contributed by atoms with Crippen LogP contribution in [0.4, 0.5) is 4.79 Å². The van der Waals surface area contributed by atoms with Crippen LogP contribution < -0.4 is 5.32 Å². The lowest BCUT2D eigenvalue weighted by molar-refractivity contribution is -0.139. The van der Waals surface area contributed by atoms with Crippen LogP contribution in [0.3, 0.4) is 0 Å². The van der Waals surface area contributed by atoms with Gasteiger partial charge in [0.05, 0.1) is 11.9 Å². The fourth-order valence-corrected chi connectivity index (χ4v) is 5.18. The molecule has 2 aromatic heterocycles. The maximum absolute atomic E-state index is 12.7. The smallest absolute Gasteiger partial charge is 0.407 e. The van der Waals surface area contributed by atoms with Crippen molar-refractivity contribution in [2.75, 3.05) is 6.61 Å². The molecule has 0 bridgehead atoms. The number of hydrogen-bond acceptors (Lipinski definition) is 6. The molecule has 0 spiro atoms. The molecule has 196 valence electrons. The standard InChI is InChI=1S/C31H23N5O4/c32-14-21-16-36-17-28(33-15-29(36)34-21)20-7-5-6-19(12-20)13-27(30(37)38)35-31(39)40-18-26-24-10-3-1-8-22(24)23-9-2-4-11-25(23)26/h1-12,15-17,26-27H,13,18H2,(H,35,39)(H,37,38). The average Bonchev–Trinajstić information content (AvgIpc) is 3.54. The molecular formula is C31H23N5O4. The van der Waals surface area contributed by atoms with Gasteiger partial charge in [0, 0.05) is 30.3 Å². The Kier molecular flexibility index (Phi) is 6.42. The number of imidazole rings is 1. The molecule has 0 fully saturated rings. The molecule has 0 aliphatic heterocycles. The van der Waals surface area contributed by atoms with E-state index in [0.717, 1.165) is 27.8 Å². The highest BCUT2D eigenvalue weighted by atomic mass is 16.5. The van der Waals surface area contributed by atoms with Gasteiger partial charge in [0.1, 0.15) is 18.7 Å². The topological polar surface area (TPSA) is 130 Å². The van der Waals surface area contributed by atoms with Gasteiger partial charge in [0.15, 0.2) is 11.3 Å². The van der Waals surface area contributed by atoms with Crippen molar-refractivity contribution in [3.05, 3.63) is 114 Å². The van der Waals surface area contributed by atoms with Gasteiger partial charge in [0.2, 0.25) is 0 Å². The van der Waals surface area contributed by atoms with Gasteiger partial charge < -0.3 is 19.6 Å². The number of fused-ring (bicyclic) bond motifs is 4. The van der Waals surface area contributed by atoms with Gasteiger partial charge in [0.25, 0.3) is 0 Å². The molecule has 1 aliphatic rings. The number of aliphatic carboxylic acids is 1. The summed E-state index contributed by atoms with van der Waals surface area (Å²) in [4.78, 5) is 33.3. The van der Waals surface area contributed by atoms with E-state index in [4.69, 9.17) is 10.00 Å². The normalized spacial score (nSPS) is 12.8. The Morgan fingerprint density at radius 3 is 2.45 bits per heavy atom. The molecule has 1 aliphatic carbocycles. The maximum Gasteiger partial charge on any atom is 0.407 e. The number of carbonyl (C=O) groups excluding carboxylic acids is 1. The molecule has 1 unspecified atom stereocenters. The highest BCUT2D eigenvalue weighted by Crippen LogP contribution is 2.44. The van der Waals surface area contributed by atoms with E-state index >= 15 is 0 Å². The summed E-state index contributed by atoms with van der Waals surface area (Å²) >= 11 is 0. The lowest BCUT2D eigenvalue weighted by atomic mass is 9.98. The number of aromatic nitrogens is 3. The first-order valence-electron chi connectivity index (χ1n) is 12.7. The SMILES string of the molecule is N#Cc1cn2cc(-c3cccc(CC(NC(=O)OCC4c5ccccc5-c5ccccc54)C(=O)O)c3)ncc2n1. The number of benzene rings is 3. The number of carbonyl (C=O) groups is 2. The zero-order valence-electron chi connectivity index (χ0n) is 21.2. The van der Waals surface area contributed by atoms with E-state index in [2.05, 4.69) is 27.4 Å². The molecule has 6 rings (SSSR count). The number of nitrogens with one attached hydrogen (secondary N) is 1. The first kappa shape index (κ1) is 24.8. The fourth-order valence-electron chi connectivity index (χ4n) is 5.18. The molecule has 2 heterocycles. The summed E-state index contributed by atoms with van der Waals surface area (Å²) < 4.78 is 7.26. The molecule has 0 saturated heterocycles. The molecular weight excluding hydrogens is 506 g/mol. The second kappa shape index (κ2) is 10.3. The Morgan fingerprint density at radius 2 is 1.75 bits per heavy atom. The Morgan fingerprint density at radius 1 is 1.02 bits per heavy atom. The van der Waals surface area contributed by atoms with Crippen molar-refractivity contribution in [3.8, 4) is 28.5 Å². The second-order valence-electron chi connectivity index (χ2n) is 9.54. The lowest BCUT2D eigenvalue weighted by Crippen LogP contribution is -2.42. The van der Waals surface area contributed by atoms with Crippen LogP contribution in [0.1, 0.15) is 28.3 Å². The number of nitriles is 1. The third-order valence-electron chi connectivity index (χ3n) is 7.05. The van der Waals surface area contributed by atoms with Crippen molar-refractivity contribution in [1.82, 2.24) is 19.7 Å². The van der Waals surface area contributed by atoms with Gasteiger partial charge in [-0.2, -0.15) is 5.26 Å². The van der Waals surface area contributed by atoms with Crippen LogP contribution in [-0.4, -0.2) is 44.2 Å². The second-order valence-corrected chi connectivity index (χ2v) is 9.54. The number of amides is 1. The average molecular weight is 530 g/mol. The molecule has 9 nitrogen and oxygen atoms in total. The molecule has 1 atom stereocenters. The van der Waals surface area contributed by atoms with Crippen molar-refractivity contribution >= 4 is 17.7 Å². The third kappa shape index (κ3) is 4.74. The first-order valence-corrected chi connectivity index (χ1v) is 12.7. The van der Waals surface area contributed by atoms with Crippen LogP contribution in [-0.2, 0) is 16.0 Å². The van der Waals surface area contributed by atoms with E-state index in [1.54, 1.807) is 35.1 Å². The largest absolute Gasteiger partial charge is 0.480 e. The van der Waals surface area contributed by atoms with Gasteiger partial charge in [-0.25, -0.2) is 14.6 Å². The minimum absolute atomic E-state index is 0.0548. The summed E-state index contributed by atoms with van der Waals surface area (Å²) in [6.07, 6.45) is 4.21. The number of carboxylic acid groups (broad SMARTS) is 1. The summed E-state index contributed by atoms with van der Waals surface area (Å²) in [7, 11) is 0. The van der Waals surface area contributed by atoms with E-state index < -0.39 is 18.1 Å². The minimum Gasteiger partial charge on any atom is -0.480 e. The molecule has 0 saturated carbocycles. The Balaban J connectivity index is 1.14. The Bertz CT molecular complexity index is 1760. The van der Waals surface area contributed by atoms with E-state index in [0.29, 0.717) is 16.9 Å². The fraction of sp³-hybridized carbons (Fsp3) is 0.129. The van der Waals surface area contributed by atoms with Crippen LogP contribution in [0.5, 0.6) is 0 Å². The van der Waals surface area contributed by atoms with Gasteiger partial charge in [-0.15, -0.1) is 0 Å². The van der Waals surface area contributed by atoms with Gasteiger partial charge in [-0.3, -0.25) is 4.98 Å². The summed E-state index contributed by atoms with van der Waals surface area (Å²) in [5.74, 6) is -1.29. The van der Waals surface area contributed by atoms with Crippen LogP contribution in [0, 0.1) is 11.3 Å². The van der Waals surface area contributed by atoms with Crippen LogP contribution in [0.25, 0.3) is 28.0 Å². The predicted molar refractivity (Wildman–Crippen MR) is 146 cm³/mol. The van der Waals surface area contributed by atoms with Gasteiger partial charge in [-0.05, 0) is 33.9 Å². The van der Waals surface area contributed by atoms with Crippen molar-refractivity contribution in [2.24, 2.45) is 0 Å². The zero-order chi connectivity index (χ0) is 27.6. The van der Waals surface area contributed by atoms with Crippen molar-refractivity contribution < 1.29 is 19.4 Å². The van der Waals surface area contributed by atoms with E-state index in [1.165, 1.54) is 0 Å². The van der Waals surface area contributed by atoms with Gasteiger partial charge >= 0.3 is 12.1 Å². The molecule has 3 aromatic carbocycles. The third-order valence-corrected chi connectivity index (χ3v) is 7.05. The number of carboxylic acids is 1. The molecule has 5 aromatic rings. The van der Waals surface area contributed by atoms with E-state index in [9.17, 15) is 14.7 Å². The molecule has 2 N–H and O–H groups in total. The van der Waals surface area contributed by atoms with Crippen molar-refractivity contribution in [3.63, 3.8) is 0 Å². The van der Waals surface area contributed by atoms with Crippen molar-refractivity contribution in [2.45, 2.75) is 18.4 Å². The quantitative estimate of drug-likeness (QED) is 0.310. The molecule has 9 heteroatoms. The maximum atomic E-state index is 12.7. The first-order chi connectivity index (χ1) is 19.5. The highest BCUT2D eigenvalue weighted by molar-refractivity contribution is 5.81. The highest BCUT2D eigenvalue weighted by Gasteiger charge is 2.30. The summed E-state index contributed by atoms with van der Waals surface area (Å²) in [6, 6.07) is 24.1. The Labute approximate surface area is 229 Å².